The van der Waals surface area contributed by atoms with Crippen molar-refractivity contribution in [2.75, 3.05) is 6.61 Å². The lowest BCUT2D eigenvalue weighted by molar-refractivity contribution is -0.145. The van der Waals surface area contributed by atoms with Gasteiger partial charge in [0.1, 0.15) is 19.4 Å². The Morgan fingerprint density at radius 3 is 3.00 bits per heavy atom. The van der Waals surface area contributed by atoms with E-state index in [9.17, 15) is 14.7 Å². The molecular weight excluding hydrogens is 320 g/mol. The standard InChI is InChI=1S/C13H14N6O5/c1-7(21)23-5-8-2-3-10(24-8)19-13(22)12-11(15-17-19)9(4-14)16-18(12)6-20/h8,10,20H,2-3,5-6H2,1H3. The summed E-state index contributed by atoms with van der Waals surface area (Å²) < 4.78 is 12.6. The zero-order valence-electron chi connectivity index (χ0n) is 12.7. The Balaban J connectivity index is 1.92. The van der Waals surface area contributed by atoms with E-state index in [2.05, 4.69) is 15.4 Å². The normalized spacial score (nSPS) is 20.2. The molecule has 1 N–H and O–H groups in total. The molecule has 126 valence electrons. The summed E-state index contributed by atoms with van der Waals surface area (Å²) in [5, 5.41) is 29.8. The highest BCUT2D eigenvalue weighted by molar-refractivity contribution is 5.78. The third kappa shape index (κ3) is 2.72. The lowest BCUT2D eigenvalue weighted by Gasteiger charge is -2.14. The summed E-state index contributed by atoms with van der Waals surface area (Å²) in [5.74, 6) is -0.406. The molecular formula is C13H14N6O5. The average molecular weight is 334 g/mol. The predicted octanol–water partition coefficient (Wildman–Crippen LogP) is -0.950. The average Bonchev–Trinajstić information content (AvgIpc) is 3.17. The Kier molecular flexibility index (Phi) is 4.24. The van der Waals surface area contributed by atoms with Crippen LogP contribution in [-0.4, -0.2) is 48.6 Å². The fourth-order valence-corrected chi connectivity index (χ4v) is 2.57. The van der Waals surface area contributed by atoms with E-state index in [4.69, 9.17) is 14.7 Å². The highest BCUT2D eigenvalue weighted by Gasteiger charge is 2.30. The number of aliphatic hydroxyl groups excluding tert-OH is 1. The van der Waals surface area contributed by atoms with E-state index in [0.717, 1.165) is 9.36 Å². The first-order valence-electron chi connectivity index (χ1n) is 7.21. The molecule has 2 aromatic heterocycles. The summed E-state index contributed by atoms with van der Waals surface area (Å²) in [6, 6.07) is 1.80. The predicted molar refractivity (Wildman–Crippen MR) is 76.3 cm³/mol. The Labute approximate surface area is 135 Å². The van der Waals surface area contributed by atoms with Gasteiger partial charge in [-0.2, -0.15) is 15.0 Å². The van der Waals surface area contributed by atoms with Gasteiger partial charge in [0, 0.05) is 6.92 Å². The SMILES string of the molecule is CC(=O)OCC1CCC(n2nnc3c(C#N)nn(CO)c3c2=O)O1. The molecule has 3 rings (SSSR count). The van der Waals surface area contributed by atoms with E-state index < -0.39 is 24.5 Å². The van der Waals surface area contributed by atoms with Crippen molar-refractivity contribution >= 4 is 17.0 Å². The molecule has 2 unspecified atom stereocenters. The van der Waals surface area contributed by atoms with Crippen LogP contribution in [0.3, 0.4) is 0 Å². The number of nitrogens with zero attached hydrogens (tertiary/aromatic N) is 6. The van der Waals surface area contributed by atoms with Crippen LogP contribution in [0.4, 0.5) is 0 Å². The minimum absolute atomic E-state index is 0.0175. The summed E-state index contributed by atoms with van der Waals surface area (Å²) in [4.78, 5) is 23.4. The lowest BCUT2D eigenvalue weighted by Crippen LogP contribution is -2.30. The number of nitriles is 1. The number of aromatic nitrogens is 5. The Bertz CT molecular complexity index is 881. The van der Waals surface area contributed by atoms with E-state index in [0.29, 0.717) is 12.8 Å². The molecule has 11 nitrogen and oxygen atoms in total. The van der Waals surface area contributed by atoms with Gasteiger partial charge in [0.25, 0.3) is 5.56 Å². The molecule has 1 fully saturated rings. The highest BCUT2D eigenvalue weighted by Crippen LogP contribution is 2.27. The topological polar surface area (TPSA) is 145 Å². The minimum Gasteiger partial charge on any atom is -0.463 e. The third-order valence-corrected chi connectivity index (χ3v) is 3.65. The number of hydrogen-bond donors (Lipinski definition) is 1. The lowest BCUT2D eigenvalue weighted by atomic mass is 10.2. The molecule has 0 radical (unpaired) electrons. The third-order valence-electron chi connectivity index (χ3n) is 3.65. The van der Waals surface area contributed by atoms with E-state index in [-0.39, 0.29) is 29.4 Å². The second-order valence-electron chi connectivity index (χ2n) is 5.23. The van der Waals surface area contributed by atoms with Crippen molar-refractivity contribution in [2.24, 2.45) is 0 Å². The molecule has 24 heavy (non-hydrogen) atoms. The molecule has 0 saturated carbocycles. The van der Waals surface area contributed by atoms with Crippen molar-refractivity contribution < 1.29 is 19.4 Å². The van der Waals surface area contributed by atoms with Gasteiger partial charge in [0.05, 0.1) is 6.10 Å². The highest BCUT2D eigenvalue weighted by atomic mass is 16.6. The molecule has 2 aromatic rings. The van der Waals surface area contributed by atoms with E-state index in [1.807, 2.05) is 0 Å². The van der Waals surface area contributed by atoms with Crippen LogP contribution >= 0.6 is 0 Å². The van der Waals surface area contributed by atoms with Crippen LogP contribution in [0, 0.1) is 11.3 Å². The van der Waals surface area contributed by atoms with Gasteiger partial charge in [-0.1, -0.05) is 5.21 Å². The molecule has 1 aliphatic rings. The number of rotatable bonds is 4. The van der Waals surface area contributed by atoms with Crippen molar-refractivity contribution in [1.29, 1.82) is 5.26 Å². The summed E-state index contributed by atoms with van der Waals surface area (Å²) in [6.45, 7) is 0.836. The molecule has 1 saturated heterocycles. The maximum atomic E-state index is 12.6. The number of fused-ring (bicyclic) bond motifs is 1. The monoisotopic (exact) mass is 334 g/mol. The summed E-state index contributed by atoms with van der Waals surface area (Å²) >= 11 is 0. The smallest absolute Gasteiger partial charge is 0.302 e. The fraction of sp³-hybridized carbons (Fsp3) is 0.538. The van der Waals surface area contributed by atoms with Crippen molar-refractivity contribution in [1.82, 2.24) is 24.8 Å². The fourth-order valence-electron chi connectivity index (χ4n) is 2.57. The molecule has 3 heterocycles. The molecule has 0 spiro atoms. The number of hydrogen-bond acceptors (Lipinski definition) is 9. The summed E-state index contributed by atoms with van der Waals surface area (Å²) in [7, 11) is 0. The Morgan fingerprint density at radius 2 is 2.33 bits per heavy atom. The van der Waals surface area contributed by atoms with E-state index in [1.165, 1.54) is 6.92 Å². The zero-order valence-corrected chi connectivity index (χ0v) is 12.7. The van der Waals surface area contributed by atoms with Crippen molar-refractivity contribution in [2.45, 2.75) is 38.8 Å². The molecule has 0 amide bonds. The molecule has 0 aromatic carbocycles. The Hall–Kier alpha value is -2.84. The van der Waals surface area contributed by atoms with E-state index in [1.54, 1.807) is 6.07 Å². The Morgan fingerprint density at radius 1 is 1.54 bits per heavy atom. The van der Waals surface area contributed by atoms with Gasteiger partial charge in [-0.3, -0.25) is 9.59 Å². The molecule has 0 bridgehead atoms. The number of aliphatic hydroxyl groups is 1. The maximum Gasteiger partial charge on any atom is 0.302 e. The minimum atomic E-state index is -0.664. The second kappa shape index (κ2) is 6.34. The number of esters is 1. The van der Waals surface area contributed by atoms with Gasteiger partial charge in [-0.15, -0.1) is 5.10 Å². The van der Waals surface area contributed by atoms with Crippen molar-refractivity contribution in [3.63, 3.8) is 0 Å². The quantitative estimate of drug-likeness (QED) is 0.699. The van der Waals surface area contributed by atoms with Crippen LogP contribution in [0.15, 0.2) is 4.79 Å². The van der Waals surface area contributed by atoms with Gasteiger partial charge >= 0.3 is 5.97 Å². The number of ether oxygens (including phenoxy) is 2. The van der Waals surface area contributed by atoms with Crippen LogP contribution < -0.4 is 5.56 Å². The second-order valence-corrected chi connectivity index (χ2v) is 5.23. The van der Waals surface area contributed by atoms with Gasteiger partial charge in [0.2, 0.25) is 0 Å². The van der Waals surface area contributed by atoms with Gasteiger partial charge < -0.3 is 14.6 Å². The zero-order chi connectivity index (χ0) is 17.3. The number of carbonyl (C=O) groups is 1. The van der Waals surface area contributed by atoms with Crippen LogP contribution in [-0.2, 0) is 21.0 Å². The number of carbonyl (C=O) groups excluding carboxylic acids is 1. The molecule has 0 aliphatic carbocycles. The van der Waals surface area contributed by atoms with Crippen LogP contribution in [0.5, 0.6) is 0 Å². The van der Waals surface area contributed by atoms with E-state index >= 15 is 0 Å². The first-order valence-corrected chi connectivity index (χ1v) is 7.21. The van der Waals surface area contributed by atoms with Gasteiger partial charge in [-0.25, -0.2) is 4.68 Å². The largest absolute Gasteiger partial charge is 0.463 e. The summed E-state index contributed by atoms with van der Waals surface area (Å²) in [6.07, 6.45) is 0.0836. The molecule has 11 heteroatoms. The maximum absolute atomic E-state index is 12.6. The van der Waals surface area contributed by atoms with Crippen molar-refractivity contribution in [3.8, 4) is 6.07 Å². The van der Waals surface area contributed by atoms with Crippen molar-refractivity contribution in [3.05, 3.63) is 16.0 Å². The first kappa shape index (κ1) is 16.0. The first-order chi connectivity index (χ1) is 11.5. The summed E-state index contributed by atoms with van der Waals surface area (Å²) in [5.41, 5.74) is -0.643. The molecule has 2 atom stereocenters. The van der Waals surface area contributed by atoms with Crippen LogP contribution in [0.1, 0.15) is 31.7 Å². The van der Waals surface area contributed by atoms with Crippen LogP contribution in [0.2, 0.25) is 0 Å². The van der Waals surface area contributed by atoms with Gasteiger partial charge in [0.15, 0.2) is 23.0 Å². The van der Waals surface area contributed by atoms with Gasteiger partial charge in [-0.05, 0) is 12.8 Å². The molecule has 1 aliphatic heterocycles. The van der Waals surface area contributed by atoms with Crippen LogP contribution in [0.25, 0.3) is 11.0 Å².